The van der Waals surface area contributed by atoms with Gasteiger partial charge in [-0.1, -0.05) is 29.8 Å². The van der Waals surface area contributed by atoms with E-state index in [1.54, 1.807) is 18.2 Å². The molecule has 1 aromatic rings. The van der Waals surface area contributed by atoms with Crippen molar-refractivity contribution >= 4 is 23.2 Å². The van der Waals surface area contributed by atoms with Gasteiger partial charge in [-0.25, -0.2) is 4.39 Å². The zero-order valence-corrected chi connectivity index (χ0v) is 9.46. The van der Waals surface area contributed by atoms with Gasteiger partial charge in [-0.2, -0.15) is 0 Å². The molecular formula is C12H11ClFNO. The number of allylic oxidation sites excluding steroid dienone is 3. The van der Waals surface area contributed by atoms with Gasteiger partial charge in [0.05, 0.1) is 5.02 Å². The molecule has 0 heterocycles. The number of amides is 1. The number of anilines is 1. The smallest absolute Gasteiger partial charge is 0.248 e. The Bertz CT molecular complexity index is 441. The van der Waals surface area contributed by atoms with Gasteiger partial charge in [0.1, 0.15) is 5.82 Å². The van der Waals surface area contributed by atoms with E-state index < -0.39 is 5.82 Å². The van der Waals surface area contributed by atoms with E-state index >= 15 is 0 Å². The first-order valence-electron chi connectivity index (χ1n) is 4.69. The van der Waals surface area contributed by atoms with Crippen molar-refractivity contribution in [3.63, 3.8) is 0 Å². The van der Waals surface area contributed by atoms with E-state index in [0.717, 1.165) is 0 Å². The summed E-state index contributed by atoms with van der Waals surface area (Å²) in [5.41, 5.74) is 0.460. The predicted molar refractivity (Wildman–Crippen MR) is 64.0 cm³/mol. The maximum Gasteiger partial charge on any atom is 0.248 e. The summed E-state index contributed by atoms with van der Waals surface area (Å²) in [7, 11) is 0. The van der Waals surface area contributed by atoms with Crippen LogP contribution < -0.4 is 5.32 Å². The SMILES string of the molecule is C/C=C/C=C/C(=O)Nc1ccc(F)c(Cl)c1. The van der Waals surface area contributed by atoms with Crippen LogP contribution in [0.5, 0.6) is 0 Å². The molecule has 0 aromatic heterocycles. The van der Waals surface area contributed by atoms with Crippen LogP contribution in [0.3, 0.4) is 0 Å². The highest BCUT2D eigenvalue weighted by molar-refractivity contribution is 6.31. The van der Waals surface area contributed by atoms with E-state index in [2.05, 4.69) is 5.32 Å². The van der Waals surface area contributed by atoms with Crippen molar-refractivity contribution in [3.05, 3.63) is 53.3 Å². The Morgan fingerprint density at radius 3 is 2.81 bits per heavy atom. The molecule has 1 N–H and O–H groups in total. The molecule has 1 aromatic carbocycles. The van der Waals surface area contributed by atoms with Crippen molar-refractivity contribution in [1.82, 2.24) is 0 Å². The Kier molecular flexibility index (Phi) is 4.73. The van der Waals surface area contributed by atoms with E-state index in [4.69, 9.17) is 11.6 Å². The average Bonchev–Trinajstić information content (AvgIpc) is 2.24. The summed E-state index contributed by atoms with van der Waals surface area (Å²) in [4.78, 5) is 11.3. The molecule has 0 fully saturated rings. The highest BCUT2D eigenvalue weighted by Gasteiger charge is 2.02. The number of carbonyl (C=O) groups is 1. The summed E-state index contributed by atoms with van der Waals surface area (Å²) in [6.07, 6.45) is 6.52. The first-order valence-corrected chi connectivity index (χ1v) is 5.06. The number of hydrogen-bond donors (Lipinski definition) is 1. The lowest BCUT2D eigenvalue weighted by molar-refractivity contribution is -0.111. The van der Waals surface area contributed by atoms with Gasteiger partial charge in [-0.3, -0.25) is 4.79 Å². The third kappa shape index (κ3) is 3.87. The van der Waals surface area contributed by atoms with Crippen LogP contribution in [0.4, 0.5) is 10.1 Å². The second-order valence-corrected chi connectivity index (χ2v) is 3.41. The molecule has 0 aliphatic rings. The first-order chi connectivity index (χ1) is 7.63. The van der Waals surface area contributed by atoms with Crippen molar-refractivity contribution < 1.29 is 9.18 Å². The molecule has 1 rings (SSSR count). The summed E-state index contributed by atoms with van der Waals surface area (Å²) in [6, 6.07) is 4.01. The number of carbonyl (C=O) groups excluding carboxylic acids is 1. The fraction of sp³-hybridized carbons (Fsp3) is 0.0833. The summed E-state index contributed by atoms with van der Waals surface area (Å²) < 4.78 is 12.8. The second kappa shape index (κ2) is 6.08. The summed E-state index contributed by atoms with van der Waals surface area (Å²) in [6.45, 7) is 1.85. The van der Waals surface area contributed by atoms with Crippen LogP contribution in [0.2, 0.25) is 5.02 Å². The number of benzene rings is 1. The van der Waals surface area contributed by atoms with Crippen LogP contribution in [0, 0.1) is 5.82 Å². The van der Waals surface area contributed by atoms with Crippen LogP contribution in [0.25, 0.3) is 0 Å². The maximum absolute atomic E-state index is 12.8. The summed E-state index contributed by atoms with van der Waals surface area (Å²) in [5, 5.41) is 2.54. The molecule has 1 amide bonds. The Labute approximate surface area is 98.4 Å². The van der Waals surface area contributed by atoms with E-state index in [9.17, 15) is 9.18 Å². The van der Waals surface area contributed by atoms with Crippen LogP contribution >= 0.6 is 11.6 Å². The van der Waals surface area contributed by atoms with Crippen molar-refractivity contribution in [2.24, 2.45) is 0 Å². The normalized spacial score (nSPS) is 11.2. The standard InChI is InChI=1S/C12H11ClFNO/c1-2-3-4-5-12(16)15-9-6-7-11(14)10(13)8-9/h2-8H,1H3,(H,15,16)/b3-2+,5-4+. The quantitative estimate of drug-likeness (QED) is 0.634. The zero-order valence-electron chi connectivity index (χ0n) is 8.71. The molecule has 0 saturated heterocycles. The minimum atomic E-state index is -0.510. The molecular weight excluding hydrogens is 229 g/mol. The number of nitrogens with one attached hydrogen (secondary N) is 1. The fourth-order valence-electron chi connectivity index (χ4n) is 1.01. The van der Waals surface area contributed by atoms with Crippen molar-refractivity contribution in [2.75, 3.05) is 5.32 Å². The second-order valence-electron chi connectivity index (χ2n) is 3.00. The lowest BCUT2D eigenvalue weighted by Gasteiger charge is -2.02. The molecule has 0 saturated carbocycles. The van der Waals surface area contributed by atoms with E-state index in [1.807, 2.05) is 6.92 Å². The highest BCUT2D eigenvalue weighted by Crippen LogP contribution is 2.19. The lowest BCUT2D eigenvalue weighted by atomic mass is 10.3. The number of rotatable bonds is 3. The van der Waals surface area contributed by atoms with Crippen LogP contribution in [0.15, 0.2) is 42.5 Å². The van der Waals surface area contributed by atoms with Gasteiger partial charge in [-0.05, 0) is 25.1 Å². The Morgan fingerprint density at radius 1 is 1.44 bits per heavy atom. The lowest BCUT2D eigenvalue weighted by Crippen LogP contribution is -2.07. The van der Waals surface area contributed by atoms with Crippen LogP contribution in [-0.2, 0) is 4.79 Å². The van der Waals surface area contributed by atoms with Gasteiger partial charge in [0.2, 0.25) is 5.91 Å². The Balaban J connectivity index is 2.66. The first kappa shape index (κ1) is 12.5. The molecule has 0 unspecified atom stereocenters. The molecule has 16 heavy (non-hydrogen) atoms. The Morgan fingerprint density at radius 2 is 2.19 bits per heavy atom. The molecule has 0 bridgehead atoms. The zero-order chi connectivity index (χ0) is 12.0. The van der Waals surface area contributed by atoms with Gasteiger partial charge < -0.3 is 5.32 Å². The topological polar surface area (TPSA) is 29.1 Å². The number of hydrogen-bond acceptors (Lipinski definition) is 1. The monoisotopic (exact) mass is 239 g/mol. The maximum atomic E-state index is 12.8. The van der Waals surface area contributed by atoms with Gasteiger partial charge in [-0.15, -0.1) is 0 Å². The fourth-order valence-corrected chi connectivity index (χ4v) is 1.19. The third-order valence-electron chi connectivity index (χ3n) is 1.74. The minimum Gasteiger partial charge on any atom is -0.322 e. The van der Waals surface area contributed by atoms with Crippen molar-refractivity contribution in [3.8, 4) is 0 Å². The van der Waals surface area contributed by atoms with Gasteiger partial charge in [0.15, 0.2) is 0 Å². The van der Waals surface area contributed by atoms with Gasteiger partial charge >= 0.3 is 0 Å². The minimum absolute atomic E-state index is 0.0183. The summed E-state index contributed by atoms with van der Waals surface area (Å²) in [5.74, 6) is -0.801. The van der Waals surface area contributed by atoms with Gasteiger partial charge in [0.25, 0.3) is 0 Å². The highest BCUT2D eigenvalue weighted by atomic mass is 35.5. The predicted octanol–water partition coefficient (Wildman–Crippen LogP) is 3.55. The van der Waals surface area contributed by atoms with E-state index in [1.165, 1.54) is 24.3 Å². The van der Waals surface area contributed by atoms with E-state index in [-0.39, 0.29) is 10.9 Å². The molecule has 0 aliphatic carbocycles. The van der Waals surface area contributed by atoms with Gasteiger partial charge in [0, 0.05) is 11.8 Å². The molecule has 0 spiro atoms. The molecule has 0 atom stereocenters. The molecule has 0 aliphatic heterocycles. The average molecular weight is 240 g/mol. The third-order valence-corrected chi connectivity index (χ3v) is 2.03. The van der Waals surface area contributed by atoms with E-state index in [0.29, 0.717) is 5.69 Å². The number of halogens is 2. The molecule has 0 radical (unpaired) electrons. The largest absolute Gasteiger partial charge is 0.322 e. The van der Waals surface area contributed by atoms with Crippen LogP contribution in [0.1, 0.15) is 6.92 Å². The van der Waals surface area contributed by atoms with Crippen LogP contribution in [-0.4, -0.2) is 5.91 Å². The molecule has 84 valence electrons. The van der Waals surface area contributed by atoms with Crippen molar-refractivity contribution in [1.29, 1.82) is 0 Å². The Hall–Kier alpha value is -1.61. The summed E-state index contributed by atoms with van der Waals surface area (Å²) >= 11 is 5.57. The van der Waals surface area contributed by atoms with Crippen molar-refractivity contribution in [2.45, 2.75) is 6.92 Å². The molecule has 4 heteroatoms. The molecule has 2 nitrogen and oxygen atoms in total.